The van der Waals surface area contributed by atoms with Crippen LogP contribution >= 0.6 is 0 Å². The minimum atomic E-state index is -0.383. The number of amides is 1. The minimum absolute atomic E-state index is 0.0469. The van der Waals surface area contributed by atoms with Crippen molar-refractivity contribution in [2.45, 2.75) is 47.5 Å². The van der Waals surface area contributed by atoms with Crippen LogP contribution in [-0.2, 0) is 11.2 Å². The third-order valence-corrected chi connectivity index (χ3v) is 4.89. The Hall–Kier alpha value is -2.56. The van der Waals surface area contributed by atoms with Crippen molar-refractivity contribution in [3.05, 3.63) is 45.0 Å². The molecule has 5 heteroatoms. The number of fused-ring (bicyclic) bond motifs is 2. The van der Waals surface area contributed by atoms with Crippen molar-refractivity contribution in [3.63, 3.8) is 0 Å². The first-order chi connectivity index (χ1) is 12.3. The molecule has 3 rings (SSSR count). The van der Waals surface area contributed by atoms with E-state index in [1.54, 1.807) is 6.07 Å². The molecule has 0 saturated carbocycles. The molecule has 0 atom stereocenters. The molecule has 26 heavy (non-hydrogen) atoms. The highest BCUT2D eigenvalue weighted by molar-refractivity contribution is 5.96. The maximum Gasteiger partial charge on any atom is 0.339 e. The number of rotatable bonds is 5. The summed E-state index contributed by atoms with van der Waals surface area (Å²) in [5.41, 5.74) is 3.37. The summed E-state index contributed by atoms with van der Waals surface area (Å²) in [5, 5.41) is 4.79. The van der Waals surface area contributed by atoms with Crippen molar-refractivity contribution in [2.24, 2.45) is 5.92 Å². The van der Waals surface area contributed by atoms with E-state index in [4.69, 9.17) is 8.83 Å². The maximum absolute atomic E-state index is 12.4. The monoisotopic (exact) mass is 355 g/mol. The smallest absolute Gasteiger partial charge is 0.339 e. The van der Waals surface area contributed by atoms with Gasteiger partial charge < -0.3 is 14.2 Å². The van der Waals surface area contributed by atoms with E-state index in [1.807, 2.05) is 40.7 Å². The van der Waals surface area contributed by atoms with Crippen molar-refractivity contribution in [3.8, 4) is 0 Å². The first-order valence-corrected chi connectivity index (χ1v) is 9.00. The van der Waals surface area contributed by atoms with Crippen LogP contribution in [0.4, 0.5) is 0 Å². The van der Waals surface area contributed by atoms with Gasteiger partial charge in [0, 0.05) is 35.4 Å². The van der Waals surface area contributed by atoms with E-state index in [-0.39, 0.29) is 18.0 Å². The Labute approximate surface area is 152 Å². The molecule has 138 valence electrons. The van der Waals surface area contributed by atoms with E-state index in [1.165, 1.54) is 0 Å². The summed E-state index contributed by atoms with van der Waals surface area (Å²) in [6.45, 7) is 10.6. The third-order valence-electron chi connectivity index (χ3n) is 4.89. The zero-order valence-electron chi connectivity index (χ0n) is 16.0. The van der Waals surface area contributed by atoms with Crippen LogP contribution in [-0.4, -0.2) is 12.5 Å². The summed E-state index contributed by atoms with van der Waals surface area (Å²) in [7, 11) is 0. The van der Waals surface area contributed by atoms with Crippen LogP contribution in [0.15, 0.2) is 25.8 Å². The van der Waals surface area contributed by atoms with Crippen LogP contribution in [0.1, 0.15) is 42.7 Å². The summed E-state index contributed by atoms with van der Waals surface area (Å²) >= 11 is 0. The number of carbonyl (C=O) groups excluding carboxylic acids is 1. The van der Waals surface area contributed by atoms with Gasteiger partial charge in [-0.2, -0.15) is 0 Å². The number of hydrogen-bond donors (Lipinski definition) is 1. The third kappa shape index (κ3) is 3.39. The standard InChI is InChI=1S/C21H25NO4/c1-11(2)10-22-20(23)7-6-15-13(4)17-8-16-12(3)14(5)25-18(16)9-19(17)26-21(15)24/h8-9,11H,6-7,10H2,1-5H3,(H,22,23). The SMILES string of the molecule is Cc1oc2cc3oc(=O)c(CCC(=O)NCC(C)C)c(C)c3cc2c1C. The van der Waals surface area contributed by atoms with Crippen LogP contribution in [0, 0.1) is 26.7 Å². The first kappa shape index (κ1) is 18.2. The first-order valence-electron chi connectivity index (χ1n) is 9.00. The van der Waals surface area contributed by atoms with Gasteiger partial charge in [0.2, 0.25) is 5.91 Å². The molecule has 0 fully saturated rings. The highest BCUT2D eigenvalue weighted by Crippen LogP contribution is 2.31. The molecule has 2 heterocycles. The van der Waals surface area contributed by atoms with Crippen molar-refractivity contribution < 1.29 is 13.6 Å². The van der Waals surface area contributed by atoms with Gasteiger partial charge in [-0.05, 0) is 50.3 Å². The summed E-state index contributed by atoms with van der Waals surface area (Å²) in [5.74, 6) is 1.21. The molecule has 1 amide bonds. The summed E-state index contributed by atoms with van der Waals surface area (Å²) in [6, 6.07) is 3.79. The van der Waals surface area contributed by atoms with Gasteiger partial charge in [0.1, 0.15) is 16.9 Å². The molecule has 3 aromatic rings. The molecule has 0 bridgehead atoms. The van der Waals surface area contributed by atoms with Crippen LogP contribution in [0.5, 0.6) is 0 Å². The molecular weight excluding hydrogens is 330 g/mol. The highest BCUT2D eigenvalue weighted by Gasteiger charge is 2.16. The van der Waals surface area contributed by atoms with Crippen LogP contribution in [0.25, 0.3) is 21.9 Å². The Balaban J connectivity index is 1.96. The molecule has 0 aliphatic rings. The molecule has 1 aromatic carbocycles. The Morgan fingerprint density at radius 1 is 1.04 bits per heavy atom. The van der Waals surface area contributed by atoms with Crippen LogP contribution in [0.3, 0.4) is 0 Å². The van der Waals surface area contributed by atoms with Gasteiger partial charge in [0.25, 0.3) is 0 Å². The lowest BCUT2D eigenvalue weighted by atomic mass is 10.0. The fraction of sp³-hybridized carbons (Fsp3) is 0.429. The Morgan fingerprint density at radius 3 is 2.38 bits per heavy atom. The van der Waals surface area contributed by atoms with Gasteiger partial charge in [0.15, 0.2) is 0 Å². The van der Waals surface area contributed by atoms with E-state index < -0.39 is 0 Å². The fourth-order valence-corrected chi connectivity index (χ4v) is 3.16. The van der Waals surface area contributed by atoms with Gasteiger partial charge in [-0.25, -0.2) is 4.79 Å². The van der Waals surface area contributed by atoms with Gasteiger partial charge in [0.05, 0.1) is 0 Å². The number of nitrogens with one attached hydrogen (secondary N) is 1. The average molecular weight is 355 g/mol. The van der Waals surface area contributed by atoms with E-state index in [2.05, 4.69) is 5.32 Å². The summed E-state index contributed by atoms with van der Waals surface area (Å²) in [6.07, 6.45) is 0.644. The van der Waals surface area contributed by atoms with Crippen LogP contribution < -0.4 is 10.9 Å². The number of aryl methyl sites for hydroxylation is 3. The predicted molar refractivity (Wildman–Crippen MR) is 103 cm³/mol. The molecule has 0 aliphatic carbocycles. The van der Waals surface area contributed by atoms with E-state index in [0.29, 0.717) is 30.0 Å². The normalized spacial score (nSPS) is 11.6. The lowest BCUT2D eigenvalue weighted by molar-refractivity contribution is -0.121. The molecule has 0 spiro atoms. The molecule has 5 nitrogen and oxygen atoms in total. The Morgan fingerprint density at radius 2 is 1.69 bits per heavy atom. The molecule has 0 radical (unpaired) electrons. The second-order valence-corrected chi connectivity index (χ2v) is 7.32. The molecular formula is C21H25NO4. The summed E-state index contributed by atoms with van der Waals surface area (Å²) in [4.78, 5) is 24.4. The lowest BCUT2D eigenvalue weighted by Gasteiger charge is -2.09. The van der Waals surface area contributed by atoms with Crippen molar-refractivity contribution >= 4 is 27.8 Å². The van der Waals surface area contributed by atoms with E-state index in [9.17, 15) is 9.59 Å². The van der Waals surface area contributed by atoms with Gasteiger partial charge in [-0.1, -0.05) is 13.8 Å². The largest absolute Gasteiger partial charge is 0.461 e. The minimum Gasteiger partial charge on any atom is -0.461 e. The second-order valence-electron chi connectivity index (χ2n) is 7.32. The quantitative estimate of drug-likeness (QED) is 0.697. The van der Waals surface area contributed by atoms with E-state index >= 15 is 0 Å². The Kier molecular flexibility index (Phi) is 4.90. The highest BCUT2D eigenvalue weighted by atomic mass is 16.4. The molecule has 0 unspecified atom stereocenters. The second kappa shape index (κ2) is 6.98. The molecule has 2 aromatic heterocycles. The molecule has 0 saturated heterocycles. The predicted octanol–water partition coefficient (Wildman–Crippen LogP) is 4.17. The van der Waals surface area contributed by atoms with E-state index in [0.717, 1.165) is 33.2 Å². The van der Waals surface area contributed by atoms with Gasteiger partial charge >= 0.3 is 5.63 Å². The maximum atomic E-state index is 12.4. The number of hydrogen-bond acceptors (Lipinski definition) is 4. The molecule has 1 N–H and O–H groups in total. The van der Waals surface area contributed by atoms with Crippen LogP contribution in [0.2, 0.25) is 0 Å². The number of carbonyl (C=O) groups is 1. The zero-order chi connectivity index (χ0) is 19.0. The van der Waals surface area contributed by atoms with Crippen molar-refractivity contribution in [1.82, 2.24) is 5.32 Å². The summed E-state index contributed by atoms with van der Waals surface area (Å²) < 4.78 is 11.2. The van der Waals surface area contributed by atoms with Gasteiger partial charge in [-0.3, -0.25) is 4.79 Å². The lowest BCUT2D eigenvalue weighted by Crippen LogP contribution is -2.28. The average Bonchev–Trinajstić information content (AvgIpc) is 2.85. The molecule has 0 aliphatic heterocycles. The fourth-order valence-electron chi connectivity index (χ4n) is 3.16. The topological polar surface area (TPSA) is 72.5 Å². The van der Waals surface area contributed by atoms with Crippen molar-refractivity contribution in [2.75, 3.05) is 6.54 Å². The Bertz CT molecular complexity index is 1040. The van der Waals surface area contributed by atoms with Crippen molar-refractivity contribution in [1.29, 1.82) is 0 Å². The van der Waals surface area contributed by atoms with Gasteiger partial charge in [-0.15, -0.1) is 0 Å². The number of furan rings is 1. The number of benzene rings is 1. The zero-order valence-corrected chi connectivity index (χ0v) is 16.0.